The fourth-order valence-corrected chi connectivity index (χ4v) is 0.372. The predicted molar refractivity (Wildman–Crippen MR) is 40.1 cm³/mol. The van der Waals surface area contributed by atoms with Gasteiger partial charge in [0, 0.05) is 0 Å². The second-order valence-corrected chi connectivity index (χ2v) is 1.76. The lowest BCUT2D eigenvalue weighted by Crippen LogP contribution is -1.78. The first kappa shape index (κ1) is 8.02. The minimum atomic E-state index is 0.660. The highest BCUT2D eigenvalue weighted by Crippen LogP contribution is 1.99. The van der Waals surface area contributed by atoms with E-state index in [1.807, 2.05) is 13.0 Å². The molecule has 0 aliphatic carbocycles. The molecule has 50 valence electrons. The Kier molecular flexibility index (Phi) is 3.52. The van der Waals surface area contributed by atoms with Crippen molar-refractivity contribution in [3.63, 3.8) is 0 Å². The molecule has 0 aromatic rings. The van der Waals surface area contributed by atoms with Crippen LogP contribution in [0.5, 0.6) is 0 Å². The molecule has 0 aliphatic heterocycles. The van der Waals surface area contributed by atoms with Crippen molar-refractivity contribution >= 4 is 0 Å². The van der Waals surface area contributed by atoms with Crippen LogP contribution in [0.1, 0.15) is 6.92 Å². The van der Waals surface area contributed by atoms with Gasteiger partial charge in [-0.1, -0.05) is 19.2 Å². The summed E-state index contributed by atoms with van der Waals surface area (Å²) >= 11 is 0. The van der Waals surface area contributed by atoms with E-state index in [9.17, 15) is 0 Å². The summed E-state index contributed by atoms with van der Waals surface area (Å²) in [5.41, 5.74) is 1.06. The molecule has 0 amide bonds. The van der Waals surface area contributed by atoms with Crippen LogP contribution in [-0.4, -0.2) is 7.11 Å². The van der Waals surface area contributed by atoms with Crippen molar-refractivity contribution in [2.24, 2.45) is 0 Å². The summed E-state index contributed by atoms with van der Waals surface area (Å²) in [6, 6.07) is 0. The van der Waals surface area contributed by atoms with Crippen molar-refractivity contribution in [3.05, 3.63) is 36.6 Å². The zero-order chi connectivity index (χ0) is 7.28. The lowest BCUT2D eigenvalue weighted by atomic mass is 10.3. The normalized spacial score (nSPS) is 10.7. The van der Waals surface area contributed by atoms with Crippen LogP contribution in [0, 0.1) is 0 Å². The van der Waals surface area contributed by atoms with Crippen LogP contribution in [0.25, 0.3) is 0 Å². The fourth-order valence-electron chi connectivity index (χ4n) is 0.372. The van der Waals surface area contributed by atoms with Crippen molar-refractivity contribution in [3.8, 4) is 0 Å². The molecular formula is C8H12O. The Hall–Kier alpha value is -0.980. The number of ether oxygens (including phenoxy) is 1. The molecular weight excluding hydrogens is 112 g/mol. The molecule has 0 unspecified atom stereocenters. The molecule has 0 aromatic heterocycles. The van der Waals surface area contributed by atoms with Gasteiger partial charge in [-0.05, 0) is 18.6 Å². The first-order valence-electron chi connectivity index (χ1n) is 2.74. The van der Waals surface area contributed by atoms with E-state index < -0.39 is 0 Å². The quantitative estimate of drug-likeness (QED) is 0.414. The molecule has 0 atom stereocenters. The van der Waals surface area contributed by atoms with Gasteiger partial charge in [-0.25, -0.2) is 0 Å². The van der Waals surface area contributed by atoms with Crippen molar-refractivity contribution in [2.45, 2.75) is 6.92 Å². The summed E-state index contributed by atoms with van der Waals surface area (Å²) in [4.78, 5) is 0. The van der Waals surface area contributed by atoms with E-state index >= 15 is 0 Å². The number of hydrogen-bond donors (Lipinski definition) is 0. The third kappa shape index (κ3) is 3.59. The van der Waals surface area contributed by atoms with Crippen molar-refractivity contribution in [2.75, 3.05) is 7.11 Å². The summed E-state index contributed by atoms with van der Waals surface area (Å²) in [7, 11) is 1.59. The molecule has 0 saturated carbocycles. The van der Waals surface area contributed by atoms with Gasteiger partial charge in [0.1, 0.15) is 5.76 Å². The first-order chi connectivity index (χ1) is 4.20. The van der Waals surface area contributed by atoms with Gasteiger partial charge in [-0.2, -0.15) is 0 Å². The summed E-state index contributed by atoms with van der Waals surface area (Å²) in [6.07, 6.45) is 3.58. The second kappa shape index (κ2) is 3.96. The maximum Gasteiger partial charge on any atom is 0.111 e. The number of rotatable bonds is 3. The average Bonchev–Trinajstić information content (AvgIpc) is 1.87. The Bertz CT molecular complexity index is 143. The van der Waals surface area contributed by atoms with E-state index in [4.69, 9.17) is 4.74 Å². The summed E-state index contributed by atoms with van der Waals surface area (Å²) in [5, 5.41) is 0. The lowest BCUT2D eigenvalue weighted by Gasteiger charge is -1.96. The molecule has 0 spiro atoms. The van der Waals surface area contributed by atoms with Gasteiger partial charge in [0.2, 0.25) is 0 Å². The van der Waals surface area contributed by atoms with Crippen molar-refractivity contribution in [1.29, 1.82) is 0 Å². The summed E-state index contributed by atoms with van der Waals surface area (Å²) < 4.78 is 4.80. The van der Waals surface area contributed by atoms with Crippen LogP contribution in [0.3, 0.4) is 0 Å². The van der Waals surface area contributed by atoms with E-state index in [1.54, 1.807) is 13.2 Å². The molecule has 0 rings (SSSR count). The Balaban J connectivity index is 3.94. The highest BCUT2D eigenvalue weighted by Gasteiger charge is 1.83. The molecule has 0 N–H and O–H groups in total. The van der Waals surface area contributed by atoms with Crippen LogP contribution in [0.2, 0.25) is 0 Å². The third-order valence-electron chi connectivity index (χ3n) is 0.973. The van der Waals surface area contributed by atoms with Crippen LogP contribution in [0.15, 0.2) is 36.6 Å². The molecule has 0 aliphatic rings. The number of hydrogen-bond acceptors (Lipinski definition) is 1. The van der Waals surface area contributed by atoms with E-state index in [1.165, 1.54) is 0 Å². The van der Waals surface area contributed by atoms with Crippen LogP contribution in [-0.2, 0) is 4.74 Å². The zero-order valence-corrected chi connectivity index (χ0v) is 5.98. The van der Waals surface area contributed by atoms with E-state index in [0.29, 0.717) is 5.76 Å². The molecule has 0 bridgehead atoms. The Morgan fingerprint density at radius 3 is 2.44 bits per heavy atom. The fraction of sp³-hybridized carbons (Fsp3) is 0.250. The standard InChI is InChI=1S/C8H12O/c1-5-7(2)6-8(3)9-4/h5-6H,1,3H2,2,4H3. The van der Waals surface area contributed by atoms with Crippen LogP contribution >= 0.6 is 0 Å². The van der Waals surface area contributed by atoms with Crippen LogP contribution < -0.4 is 0 Å². The van der Waals surface area contributed by atoms with Gasteiger partial charge < -0.3 is 4.74 Å². The Morgan fingerprint density at radius 1 is 1.56 bits per heavy atom. The largest absolute Gasteiger partial charge is 0.497 e. The summed E-state index contributed by atoms with van der Waals surface area (Å²) in [5.74, 6) is 0.660. The summed E-state index contributed by atoms with van der Waals surface area (Å²) in [6.45, 7) is 9.14. The predicted octanol–water partition coefficient (Wildman–Crippen LogP) is 2.28. The van der Waals surface area contributed by atoms with Gasteiger partial charge >= 0.3 is 0 Å². The van der Waals surface area contributed by atoms with E-state index in [2.05, 4.69) is 13.2 Å². The smallest absolute Gasteiger partial charge is 0.111 e. The molecule has 1 nitrogen and oxygen atoms in total. The maximum atomic E-state index is 4.80. The maximum absolute atomic E-state index is 4.80. The van der Waals surface area contributed by atoms with Gasteiger partial charge in [-0.15, -0.1) is 0 Å². The SMILES string of the molecule is C=CC(C)=CC(=C)OC. The monoisotopic (exact) mass is 124 g/mol. The van der Waals surface area contributed by atoms with Crippen molar-refractivity contribution in [1.82, 2.24) is 0 Å². The van der Waals surface area contributed by atoms with Crippen molar-refractivity contribution < 1.29 is 4.74 Å². The van der Waals surface area contributed by atoms with E-state index in [0.717, 1.165) is 5.57 Å². The molecule has 0 heterocycles. The highest BCUT2D eigenvalue weighted by atomic mass is 16.5. The average molecular weight is 124 g/mol. The minimum absolute atomic E-state index is 0.660. The Labute approximate surface area is 56.3 Å². The first-order valence-corrected chi connectivity index (χ1v) is 2.74. The zero-order valence-electron chi connectivity index (χ0n) is 5.98. The topological polar surface area (TPSA) is 9.23 Å². The molecule has 0 fully saturated rings. The second-order valence-electron chi connectivity index (χ2n) is 1.76. The molecule has 9 heavy (non-hydrogen) atoms. The van der Waals surface area contributed by atoms with E-state index in [-0.39, 0.29) is 0 Å². The Morgan fingerprint density at radius 2 is 2.11 bits per heavy atom. The molecule has 0 saturated heterocycles. The number of allylic oxidation sites excluding steroid dienone is 3. The number of methoxy groups -OCH3 is 1. The van der Waals surface area contributed by atoms with Gasteiger partial charge in [0.25, 0.3) is 0 Å². The third-order valence-corrected chi connectivity index (χ3v) is 0.973. The molecule has 1 heteroatoms. The van der Waals surface area contributed by atoms with Crippen LogP contribution in [0.4, 0.5) is 0 Å². The minimum Gasteiger partial charge on any atom is -0.497 e. The lowest BCUT2D eigenvalue weighted by molar-refractivity contribution is 0.308. The molecule has 0 aromatic carbocycles. The van der Waals surface area contributed by atoms with Gasteiger partial charge in [-0.3, -0.25) is 0 Å². The molecule has 0 radical (unpaired) electrons. The highest BCUT2D eigenvalue weighted by molar-refractivity contribution is 5.21. The van der Waals surface area contributed by atoms with Gasteiger partial charge in [0.15, 0.2) is 0 Å². The van der Waals surface area contributed by atoms with Gasteiger partial charge in [0.05, 0.1) is 7.11 Å².